The summed E-state index contributed by atoms with van der Waals surface area (Å²) in [6.07, 6.45) is -0.296. The zero-order chi connectivity index (χ0) is 10.7. The number of hydrogen-bond acceptors (Lipinski definition) is 4. The molecule has 82 valence electrons. The summed E-state index contributed by atoms with van der Waals surface area (Å²) in [7, 11) is 1.56. The van der Waals surface area contributed by atoms with Gasteiger partial charge in [0.05, 0.1) is 5.38 Å². The molecule has 0 aliphatic carbocycles. The lowest BCUT2D eigenvalue weighted by molar-refractivity contribution is -0.165. The van der Waals surface area contributed by atoms with Crippen LogP contribution in [0, 0.1) is 0 Å². The molecule has 0 aromatic carbocycles. The molecule has 1 rings (SSSR count). The van der Waals surface area contributed by atoms with Crippen molar-refractivity contribution in [1.29, 1.82) is 0 Å². The number of rotatable bonds is 3. The standard InChI is InChI=1S/C9H15ClO4/c1-5(13-6(2)11)9-7(10)4-8(12-3)14-9/h5,7-9H,4H2,1-3H3/t5-,7+,8-,9+/m0/s1. The maximum atomic E-state index is 10.7. The Labute approximate surface area is 88.5 Å². The Morgan fingerprint density at radius 2 is 2.29 bits per heavy atom. The molecular weight excluding hydrogens is 208 g/mol. The lowest BCUT2D eigenvalue weighted by Crippen LogP contribution is -2.33. The quantitative estimate of drug-likeness (QED) is 0.534. The van der Waals surface area contributed by atoms with E-state index in [1.165, 1.54) is 6.92 Å². The summed E-state index contributed by atoms with van der Waals surface area (Å²) in [6.45, 7) is 3.13. The minimum atomic E-state index is -0.338. The average Bonchev–Trinajstić information content (AvgIpc) is 2.45. The molecule has 0 bridgehead atoms. The molecule has 0 spiro atoms. The van der Waals surface area contributed by atoms with Gasteiger partial charge in [-0.1, -0.05) is 0 Å². The van der Waals surface area contributed by atoms with E-state index in [0.717, 1.165) is 0 Å². The first-order valence-electron chi connectivity index (χ1n) is 4.54. The summed E-state index contributed by atoms with van der Waals surface area (Å²) in [4.78, 5) is 10.7. The second kappa shape index (κ2) is 4.96. The number of carbonyl (C=O) groups excluding carboxylic acids is 1. The fraction of sp³-hybridized carbons (Fsp3) is 0.889. The minimum Gasteiger partial charge on any atom is -0.460 e. The Balaban J connectivity index is 2.47. The van der Waals surface area contributed by atoms with E-state index in [4.69, 9.17) is 25.8 Å². The van der Waals surface area contributed by atoms with Crippen molar-refractivity contribution in [1.82, 2.24) is 0 Å². The Bertz CT molecular complexity index is 209. The highest BCUT2D eigenvalue weighted by atomic mass is 35.5. The topological polar surface area (TPSA) is 44.8 Å². The van der Waals surface area contributed by atoms with Crippen molar-refractivity contribution in [3.8, 4) is 0 Å². The van der Waals surface area contributed by atoms with E-state index in [1.807, 2.05) is 0 Å². The van der Waals surface area contributed by atoms with Crippen molar-refractivity contribution in [2.75, 3.05) is 7.11 Å². The van der Waals surface area contributed by atoms with E-state index in [1.54, 1.807) is 14.0 Å². The van der Waals surface area contributed by atoms with Gasteiger partial charge in [0.25, 0.3) is 0 Å². The molecule has 0 saturated carbocycles. The van der Waals surface area contributed by atoms with Gasteiger partial charge in [-0.2, -0.15) is 0 Å². The van der Waals surface area contributed by atoms with Crippen LogP contribution in [0.5, 0.6) is 0 Å². The van der Waals surface area contributed by atoms with Crippen molar-refractivity contribution in [3.63, 3.8) is 0 Å². The smallest absolute Gasteiger partial charge is 0.302 e. The maximum Gasteiger partial charge on any atom is 0.302 e. The number of ether oxygens (including phenoxy) is 3. The summed E-state index contributed by atoms with van der Waals surface area (Å²) >= 11 is 6.03. The van der Waals surface area contributed by atoms with Gasteiger partial charge in [0.1, 0.15) is 12.2 Å². The Morgan fingerprint density at radius 3 is 2.71 bits per heavy atom. The molecule has 1 saturated heterocycles. The van der Waals surface area contributed by atoms with Crippen molar-refractivity contribution in [3.05, 3.63) is 0 Å². The Morgan fingerprint density at radius 1 is 1.64 bits per heavy atom. The van der Waals surface area contributed by atoms with Gasteiger partial charge in [0, 0.05) is 20.5 Å². The van der Waals surface area contributed by atoms with Crippen LogP contribution < -0.4 is 0 Å². The van der Waals surface area contributed by atoms with Crippen LogP contribution in [0.4, 0.5) is 0 Å². The van der Waals surface area contributed by atoms with Crippen LogP contribution in [0.2, 0.25) is 0 Å². The zero-order valence-corrected chi connectivity index (χ0v) is 9.28. The normalized spacial score (nSPS) is 34.1. The molecular formula is C9H15ClO4. The predicted molar refractivity (Wildman–Crippen MR) is 51.2 cm³/mol. The fourth-order valence-corrected chi connectivity index (χ4v) is 1.93. The SMILES string of the molecule is CO[C@@H]1C[C@@H](Cl)[C@@H]([C@H](C)OC(C)=O)O1. The van der Waals surface area contributed by atoms with Crippen LogP contribution >= 0.6 is 11.6 Å². The van der Waals surface area contributed by atoms with E-state index in [0.29, 0.717) is 6.42 Å². The third-order valence-electron chi connectivity index (χ3n) is 2.16. The van der Waals surface area contributed by atoms with E-state index in [2.05, 4.69) is 0 Å². The molecule has 5 heteroatoms. The molecule has 0 unspecified atom stereocenters. The van der Waals surface area contributed by atoms with Gasteiger partial charge in [-0.3, -0.25) is 4.79 Å². The molecule has 14 heavy (non-hydrogen) atoms. The predicted octanol–water partition coefficient (Wildman–Crippen LogP) is 1.31. The lowest BCUT2D eigenvalue weighted by atomic mass is 10.1. The minimum absolute atomic E-state index is 0.172. The summed E-state index contributed by atoms with van der Waals surface area (Å²) in [5, 5.41) is -0.172. The molecule has 1 heterocycles. The number of carbonyl (C=O) groups is 1. The van der Waals surface area contributed by atoms with Crippen LogP contribution in [0.3, 0.4) is 0 Å². The molecule has 4 atom stereocenters. The molecule has 1 aliphatic rings. The summed E-state index contributed by atoms with van der Waals surface area (Å²) in [6, 6.07) is 0. The number of halogens is 1. The molecule has 4 nitrogen and oxygen atoms in total. The van der Waals surface area contributed by atoms with Gasteiger partial charge in [0.2, 0.25) is 0 Å². The molecule has 0 aromatic heterocycles. The number of alkyl halides is 1. The van der Waals surface area contributed by atoms with Gasteiger partial charge in [-0.25, -0.2) is 0 Å². The first-order chi connectivity index (χ1) is 6.54. The van der Waals surface area contributed by atoms with E-state index >= 15 is 0 Å². The Hall–Kier alpha value is -0.320. The average molecular weight is 223 g/mol. The summed E-state index contributed by atoms with van der Waals surface area (Å²) in [5.41, 5.74) is 0. The van der Waals surface area contributed by atoms with Gasteiger partial charge in [0.15, 0.2) is 6.29 Å². The van der Waals surface area contributed by atoms with Crippen molar-refractivity contribution >= 4 is 17.6 Å². The molecule has 0 radical (unpaired) electrons. The number of esters is 1. The monoisotopic (exact) mass is 222 g/mol. The van der Waals surface area contributed by atoms with Crippen LogP contribution in [0.1, 0.15) is 20.3 Å². The van der Waals surface area contributed by atoms with Gasteiger partial charge in [-0.15, -0.1) is 11.6 Å². The zero-order valence-electron chi connectivity index (χ0n) is 8.53. The highest BCUT2D eigenvalue weighted by Gasteiger charge is 2.38. The first kappa shape index (κ1) is 11.8. The van der Waals surface area contributed by atoms with Gasteiger partial charge < -0.3 is 14.2 Å². The van der Waals surface area contributed by atoms with Crippen LogP contribution in [-0.2, 0) is 19.0 Å². The molecule has 1 aliphatic heterocycles. The van der Waals surface area contributed by atoms with Crippen LogP contribution in [-0.4, -0.2) is 37.0 Å². The lowest BCUT2D eigenvalue weighted by Gasteiger charge is -2.21. The fourth-order valence-electron chi connectivity index (χ4n) is 1.52. The second-order valence-electron chi connectivity index (χ2n) is 3.33. The van der Waals surface area contributed by atoms with Crippen molar-refractivity contribution in [2.24, 2.45) is 0 Å². The van der Waals surface area contributed by atoms with Crippen molar-refractivity contribution < 1.29 is 19.0 Å². The first-order valence-corrected chi connectivity index (χ1v) is 4.97. The summed E-state index contributed by atoms with van der Waals surface area (Å²) < 4.78 is 15.5. The van der Waals surface area contributed by atoms with Crippen LogP contribution in [0.15, 0.2) is 0 Å². The second-order valence-corrected chi connectivity index (χ2v) is 3.89. The third kappa shape index (κ3) is 2.83. The van der Waals surface area contributed by atoms with E-state index in [9.17, 15) is 4.79 Å². The Kier molecular flexibility index (Phi) is 4.16. The number of hydrogen-bond donors (Lipinski definition) is 0. The van der Waals surface area contributed by atoms with Gasteiger partial charge >= 0.3 is 5.97 Å². The number of methoxy groups -OCH3 is 1. The van der Waals surface area contributed by atoms with Crippen molar-refractivity contribution in [2.45, 2.75) is 44.1 Å². The largest absolute Gasteiger partial charge is 0.460 e. The van der Waals surface area contributed by atoms with Crippen LogP contribution in [0.25, 0.3) is 0 Å². The highest BCUT2D eigenvalue weighted by molar-refractivity contribution is 6.21. The molecule has 1 fully saturated rings. The highest BCUT2D eigenvalue weighted by Crippen LogP contribution is 2.28. The van der Waals surface area contributed by atoms with Gasteiger partial charge in [-0.05, 0) is 6.92 Å². The van der Waals surface area contributed by atoms with E-state index < -0.39 is 0 Å². The summed E-state index contributed by atoms with van der Waals surface area (Å²) in [5.74, 6) is -0.328. The van der Waals surface area contributed by atoms with E-state index in [-0.39, 0.29) is 29.8 Å². The molecule has 0 N–H and O–H groups in total. The maximum absolute atomic E-state index is 10.7. The molecule has 0 aromatic rings. The molecule has 0 amide bonds. The third-order valence-corrected chi connectivity index (χ3v) is 2.59.